The Morgan fingerprint density at radius 1 is 1.11 bits per heavy atom. The Balaban J connectivity index is 2.19. The largest absolute Gasteiger partial charge is 0.497 e. The molecule has 0 bridgehead atoms. The third-order valence-electron chi connectivity index (χ3n) is 2.51. The van der Waals surface area contributed by atoms with Crippen molar-refractivity contribution in [3.8, 4) is 17.2 Å². The van der Waals surface area contributed by atoms with Crippen LogP contribution >= 0.6 is 28.1 Å². The lowest BCUT2D eigenvalue weighted by Gasteiger charge is -2.09. The number of ether oxygens (including phenoxy) is 2. The molecule has 0 fully saturated rings. The van der Waals surface area contributed by atoms with Gasteiger partial charge in [0.1, 0.15) is 22.2 Å². The molecule has 0 radical (unpaired) electrons. The second-order valence-electron chi connectivity index (χ2n) is 3.79. The van der Waals surface area contributed by atoms with Gasteiger partial charge in [0.2, 0.25) is 0 Å². The van der Waals surface area contributed by atoms with E-state index in [0.717, 1.165) is 15.8 Å². The van der Waals surface area contributed by atoms with Crippen LogP contribution in [0.3, 0.4) is 0 Å². The van der Waals surface area contributed by atoms with Gasteiger partial charge in [-0.15, -0.1) is 0 Å². The first-order valence-electron chi connectivity index (χ1n) is 5.51. The van der Waals surface area contributed by atoms with Crippen molar-refractivity contribution in [2.24, 2.45) is 5.73 Å². The van der Waals surface area contributed by atoms with Gasteiger partial charge in [-0.2, -0.15) is 0 Å². The van der Waals surface area contributed by atoms with E-state index in [9.17, 15) is 0 Å². The molecule has 0 aliphatic heterocycles. The molecule has 0 spiro atoms. The fraction of sp³-hybridized carbons (Fsp3) is 0.0714. The molecular formula is C14H12BrNO2S. The summed E-state index contributed by atoms with van der Waals surface area (Å²) in [5.74, 6) is 2.19. The highest BCUT2D eigenvalue weighted by Crippen LogP contribution is 2.32. The number of thiocarbonyl (C=S) groups is 1. The lowest BCUT2D eigenvalue weighted by Crippen LogP contribution is -2.08. The van der Waals surface area contributed by atoms with Crippen LogP contribution in [-0.2, 0) is 0 Å². The number of methoxy groups -OCH3 is 1. The first-order valence-corrected chi connectivity index (χ1v) is 6.71. The van der Waals surface area contributed by atoms with Gasteiger partial charge in [0, 0.05) is 5.56 Å². The molecule has 0 amide bonds. The van der Waals surface area contributed by atoms with Gasteiger partial charge in [0.05, 0.1) is 11.6 Å². The molecular weight excluding hydrogens is 326 g/mol. The fourth-order valence-electron chi connectivity index (χ4n) is 1.51. The summed E-state index contributed by atoms with van der Waals surface area (Å²) in [5.41, 5.74) is 6.36. The average molecular weight is 338 g/mol. The van der Waals surface area contributed by atoms with Crippen LogP contribution in [0.2, 0.25) is 0 Å². The summed E-state index contributed by atoms with van der Waals surface area (Å²) in [7, 11) is 1.62. The minimum atomic E-state index is 0.372. The first kappa shape index (κ1) is 13.8. The number of nitrogens with two attached hydrogens (primary N) is 1. The lowest BCUT2D eigenvalue weighted by atomic mass is 10.2. The summed E-state index contributed by atoms with van der Waals surface area (Å²) in [6.07, 6.45) is 0. The SMILES string of the molecule is COc1ccc(Oc2ccc(C(N)=S)cc2)c(Br)c1. The molecule has 2 aromatic carbocycles. The van der Waals surface area contributed by atoms with Gasteiger partial charge in [-0.05, 0) is 58.4 Å². The summed E-state index contributed by atoms with van der Waals surface area (Å²) < 4.78 is 11.7. The van der Waals surface area contributed by atoms with E-state index in [1.54, 1.807) is 7.11 Å². The highest BCUT2D eigenvalue weighted by Gasteiger charge is 2.05. The zero-order valence-electron chi connectivity index (χ0n) is 10.2. The molecule has 19 heavy (non-hydrogen) atoms. The molecule has 2 N–H and O–H groups in total. The Kier molecular flexibility index (Phi) is 4.39. The van der Waals surface area contributed by atoms with Crippen LogP contribution in [0.15, 0.2) is 46.9 Å². The summed E-state index contributed by atoms with van der Waals surface area (Å²) in [6.45, 7) is 0. The molecule has 0 aliphatic rings. The standard InChI is InChI=1S/C14H12BrNO2S/c1-17-11-6-7-13(12(15)8-11)18-10-4-2-9(3-5-10)14(16)19/h2-8H,1H3,(H2,16,19). The van der Waals surface area contributed by atoms with Gasteiger partial charge in [0.25, 0.3) is 0 Å². The van der Waals surface area contributed by atoms with E-state index in [4.69, 9.17) is 27.4 Å². The van der Waals surface area contributed by atoms with Crippen LogP contribution in [0.4, 0.5) is 0 Å². The van der Waals surface area contributed by atoms with Crippen LogP contribution in [0.25, 0.3) is 0 Å². The van der Waals surface area contributed by atoms with Gasteiger partial charge in [-0.1, -0.05) is 12.2 Å². The van der Waals surface area contributed by atoms with Crippen LogP contribution in [0.1, 0.15) is 5.56 Å². The Labute approximate surface area is 125 Å². The molecule has 0 saturated heterocycles. The minimum Gasteiger partial charge on any atom is -0.497 e. The molecule has 0 atom stereocenters. The molecule has 0 aliphatic carbocycles. The van der Waals surface area contributed by atoms with E-state index in [1.165, 1.54) is 0 Å². The molecule has 3 nitrogen and oxygen atoms in total. The molecule has 0 saturated carbocycles. The van der Waals surface area contributed by atoms with Crippen LogP contribution in [0, 0.1) is 0 Å². The van der Waals surface area contributed by atoms with E-state index < -0.39 is 0 Å². The second-order valence-corrected chi connectivity index (χ2v) is 5.08. The van der Waals surface area contributed by atoms with Gasteiger partial charge >= 0.3 is 0 Å². The molecule has 5 heteroatoms. The first-order chi connectivity index (χ1) is 9.10. The van der Waals surface area contributed by atoms with Gasteiger partial charge in [-0.3, -0.25) is 0 Å². The van der Waals surface area contributed by atoms with Crippen molar-refractivity contribution in [1.82, 2.24) is 0 Å². The number of hydrogen-bond donors (Lipinski definition) is 1. The van der Waals surface area contributed by atoms with E-state index in [-0.39, 0.29) is 0 Å². The molecule has 0 unspecified atom stereocenters. The van der Waals surface area contributed by atoms with Crippen molar-refractivity contribution < 1.29 is 9.47 Å². The van der Waals surface area contributed by atoms with Gasteiger partial charge in [-0.25, -0.2) is 0 Å². The molecule has 98 valence electrons. The summed E-state index contributed by atoms with van der Waals surface area (Å²) >= 11 is 8.34. The van der Waals surface area contributed by atoms with Crippen molar-refractivity contribution in [2.75, 3.05) is 7.11 Å². The molecule has 0 heterocycles. The predicted molar refractivity (Wildman–Crippen MR) is 83.1 cm³/mol. The maximum absolute atomic E-state index is 5.76. The summed E-state index contributed by atoms with van der Waals surface area (Å²) in [5, 5.41) is 0. The lowest BCUT2D eigenvalue weighted by molar-refractivity contribution is 0.412. The van der Waals surface area contributed by atoms with E-state index in [1.807, 2.05) is 42.5 Å². The zero-order chi connectivity index (χ0) is 13.8. The van der Waals surface area contributed by atoms with Gasteiger partial charge < -0.3 is 15.2 Å². The quantitative estimate of drug-likeness (QED) is 0.859. The average Bonchev–Trinajstić information content (AvgIpc) is 2.41. The van der Waals surface area contributed by atoms with Crippen LogP contribution in [-0.4, -0.2) is 12.1 Å². The second kappa shape index (κ2) is 6.04. The third kappa shape index (κ3) is 3.45. The normalized spacial score (nSPS) is 10.0. The van der Waals surface area contributed by atoms with Crippen molar-refractivity contribution >= 4 is 33.1 Å². The van der Waals surface area contributed by atoms with Gasteiger partial charge in [0.15, 0.2) is 0 Å². The van der Waals surface area contributed by atoms with Crippen molar-refractivity contribution in [3.63, 3.8) is 0 Å². The number of hydrogen-bond acceptors (Lipinski definition) is 3. The molecule has 2 aromatic rings. The monoisotopic (exact) mass is 337 g/mol. The Hall–Kier alpha value is -1.59. The third-order valence-corrected chi connectivity index (χ3v) is 3.36. The van der Waals surface area contributed by atoms with E-state index in [0.29, 0.717) is 16.5 Å². The Morgan fingerprint density at radius 2 is 1.74 bits per heavy atom. The predicted octanol–water partition coefficient (Wildman–Crippen LogP) is 3.88. The highest BCUT2D eigenvalue weighted by molar-refractivity contribution is 9.10. The summed E-state index contributed by atoms with van der Waals surface area (Å²) in [4.78, 5) is 0.372. The fourth-order valence-corrected chi connectivity index (χ4v) is 2.08. The summed E-state index contributed by atoms with van der Waals surface area (Å²) in [6, 6.07) is 12.8. The van der Waals surface area contributed by atoms with E-state index in [2.05, 4.69) is 15.9 Å². The smallest absolute Gasteiger partial charge is 0.141 e. The van der Waals surface area contributed by atoms with Crippen molar-refractivity contribution in [2.45, 2.75) is 0 Å². The zero-order valence-corrected chi connectivity index (χ0v) is 12.6. The topological polar surface area (TPSA) is 44.5 Å². The maximum Gasteiger partial charge on any atom is 0.141 e. The highest BCUT2D eigenvalue weighted by atomic mass is 79.9. The Morgan fingerprint density at radius 3 is 2.26 bits per heavy atom. The molecule has 0 aromatic heterocycles. The van der Waals surface area contributed by atoms with Crippen LogP contribution < -0.4 is 15.2 Å². The minimum absolute atomic E-state index is 0.372. The number of halogens is 1. The van der Waals surface area contributed by atoms with Crippen LogP contribution in [0.5, 0.6) is 17.2 Å². The molecule has 2 rings (SSSR count). The van der Waals surface area contributed by atoms with Crippen molar-refractivity contribution in [3.05, 3.63) is 52.5 Å². The Bertz CT molecular complexity index is 599. The van der Waals surface area contributed by atoms with E-state index >= 15 is 0 Å². The van der Waals surface area contributed by atoms with Crippen molar-refractivity contribution in [1.29, 1.82) is 0 Å². The maximum atomic E-state index is 5.76. The number of benzene rings is 2. The number of rotatable bonds is 4.